The van der Waals surface area contributed by atoms with Gasteiger partial charge in [-0.1, -0.05) is 13.8 Å². The molecule has 0 amide bonds. The molecule has 0 aromatic carbocycles. The minimum absolute atomic E-state index is 0.117. The Morgan fingerprint density at radius 1 is 0.778 bits per heavy atom. The van der Waals surface area contributed by atoms with Crippen molar-refractivity contribution in [1.82, 2.24) is 0 Å². The van der Waals surface area contributed by atoms with Crippen LogP contribution < -0.4 is 0 Å². The van der Waals surface area contributed by atoms with Gasteiger partial charge in [-0.2, -0.15) is 0 Å². The van der Waals surface area contributed by atoms with Crippen LogP contribution >= 0.6 is 0 Å². The van der Waals surface area contributed by atoms with Gasteiger partial charge in [0.25, 0.3) is 0 Å². The molecule has 0 saturated heterocycles. The van der Waals surface area contributed by atoms with Gasteiger partial charge in [-0.05, 0) is 86.9 Å². The number of hydrogen-bond donors (Lipinski definition) is 0. The summed E-state index contributed by atoms with van der Waals surface area (Å²) in [6.45, 7) is 8.00. The number of esters is 2. The van der Waals surface area contributed by atoms with Crippen LogP contribution in [-0.2, 0) is 19.1 Å². The summed E-state index contributed by atoms with van der Waals surface area (Å²) in [5, 5.41) is 0. The molecule has 0 heterocycles. The molecule has 4 heteroatoms. The van der Waals surface area contributed by atoms with Crippen molar-refractivity contribution in [2.45, 2.75) is 97.7 Å². The van der Waals surface area contributed by atoms with Gasteiger partial charge >= 0.3 is 11.9 Å². The average molecular weight is 377 g/mol. The molecule has 0 aromatic heterocycles. The molecule has 1 unspecified atom stereocenters. The molecule has 0 bridgehead atoms. The summed E-state index contributed by atoms with van der Waals surface area (Å²) >= 11 is 0. The van der Waals surface area contributed by atoms with E-state index in [4.69, 9.17) is 9.47 Å². The highest BCUT2D eigenvalue weighted by Crippen LogP contribution is 2.66. The van der Waals surface area contributed by atoms with E-state index in [1.807, 2.05) is 0 Å². The van der Waals surface area contributed by atoms with Crippen LogP contribution in [-0.4, -0.2) is 24.1 Å². The molecule has 4 rings (SSSR count). The maximum absolute atomic E-state index is 11.6. The molecule has 0 aliphatic heterocycles. The second kappa shape index (κ2) is 6.77. The summed E-state index contributed by atoms with van der Waals surface area (Å²) in [7, 11) is 0. The summed E-state index contributed by atoms with van der Waals surface area (Å²) in [5.41, 5.74) is 0.561. The summed E-state index contributed by atoms with van der Waals surface area (Å²) in [5.74, 6) is 2.69. The quantitative estimate of drug-likeness (QED) is 0.644. The van der Waals surface area contributed by atoms with Crippen LogP contribution in [0, 0.1) is 34.5 Å². The first-order valence-electron chi connectivity index (χ1n) is 11.1. The first-order valence-corrected chi connectivity index (χ1v) is 11.1. The standard InChI is InChI=1S/C23H36O4/c1-14(24)26-17-9-11-22(3)16(13-17)5-6-18-19-7-8-21(27-15(2)25)23(19,4)12-10-20(18)22/h16-21H,5-13H2,1-4H3/t16?,17-,18+,19+,20+,21+,22+,23+/m1/s1. The van der Waals surface area contributed by atoms with Crippen molar-refractivity contribution in [2.75, 3.05) is 0 Å². The Balaban J connectivity index is 1.51. The van der Waals surface area contributed by atoms with Crippen LogP contribution in [0.5, 0.6) is 0 Å². The largest absolute Gasteiger partial charge is 0.463 e. The molecule has 4 aliphatic rings. The summed E-state index contributed by atoms with van der Waals surface area (Å²) in [6, 6.07) is 0. The molecule has 0 aromatic rings. The normalized spacial score (nSPS) is 48.7. The number of hydrogen-bond acceptors (Lipinski definition) is 4. The molecule has 4 aliphatic carbocycles. The van der Waals surface area contributed by atoms with E-state index in [2.05, 4.69) is 13.8 Å². The summed E-state index contributed by atoms with van der Waals surface area (Å²) < 4.78 is 11.3. The molecule has 152 valence electrons. The summed E-state index contributed by atoms with van der Waals surface area (Å²) in [6.07, 6.45) is 10.8. The first kappa shape index (κ1) is 19.3. The van der Waals surface area contributed by atoms with E-state index < -0.39 is 0 Å². The fourth-order valence-electron chi connectivity index (χ4n) is 7.91. The highest BCUT2D eigenvalue weighted by Gasteiger charge is 2.61. The average Bonchev–Trinajstić information content (AvgIpc) is 2.91. The Kier molecular flexibility index (Phi) is 4.83. The topological polar surface area (TPSA) is 52.6 Å². The van der Waals surface area contributed by atoms with Crippen LogP contribution in [0.4, 0.5) is 0 Å². The van der Waals surface area contributed by atoms with E-state index in [0.29, 0.717) is 17.3 Å². The second-order valence-corrected chi connectivity index (χ2v) is 10.4. The number of ether oxygens (including phenoxy) is 2. The lowest BCUT2D eigenvalue weighted by Gasteiger charge is -2.60. The Morgan fingerprint density at radius 3 is 2.15 bits per heavy atom. The zero-order chi connectivity index (χ0) is 19.4. The van der Waals surface area contributed by atoms with Crippen molar-refractivity contribution in [1.29, 1.82) is 0 Å². The third kappa shape index (κ3) is 3.11. The Morgan fingerprint density at radius 2 is 1.44 bits per heavy atom. The zero-order valence-corrected chi connectivity index (χ0v) is 17.5. The van der Waals surface area contributed by atoms with Gasteiger partial charge in [0.2, 0.25) is 0 Å². The third-order valence-corrected chi connectivity index (χ3v) is 9.17. The van der Waals surface area contributed by atoms with Crippen LogP contribution in [0.25, 0.3) is 0 Å². The second-order valence-electron chi connectivity index (χ2n) is 10.4. The molecule has 0 radical (unpaired) electrons. The maximum Gasteiger partial charge on any atom is 0.302 e. The molecular formula is C23H36O4. The van der Waals surface area contributed by atoms with Crippen LogP contribution in [0.3, 0.4) is 0 Å². The Labute approximate surface area is 163 Å². The Hall–Kier alpha value is -1.06. The first-order chi connectivity index (χ1) is 12.7. The molecule has 27 heavy (non-hydrogen) atoms. The highest BCUT2D eigenvalue weighted by molar-refractivity contribution is 5.66. The molecule has 0 N–H and O–H groups in total. The number of rotatable bonds is 2. The van der Waals surface area contributed by atoms with Crippen molar-refractivity contribution in [3.8, 4) is 0 Å². The lowest BCUT2D eigenvalue weighted by Crippen LogP contribution is -2.54. The predicted molar refractivity (Wildman–Crippen MR) is 103 cm³/mol. The van der Waals surface area contributed by atoms with Crippen molar-refractivity contribution < 1.29 is 19.1 Å². The molecule has 4 saturated carbocycles. The molecule has 8 atom stereocenters. The Bertz CT molecular complexity index is 615. The van der Waals surface area contributed by atoms with Crippen molar-refractivity contribution in [2.24, 2.45) is 34.5 Å². The van der Waals surface area contributed by atoms with Crippen molar-refractivity contribution in [3.05, 3.63) is 0 Å². The van der Waals surface area contributed by atoms with Crippen LogP contribution in [0.2, 0.25) is 0 Å². The monoisotopic (exact) mass is 376 g/mol. The van der Waals surface area contributed by atoms with Gasteiger partial charge in [-0.15, -0.1) is 0 Å². The van der Waals surface area contributed by atoms with Gasteiger partial charge in [0.15, 0.2) is 0 Å². The number of fused-ring (bicyclic) bond motifs is 5. The van der Waals surface area contributed by atoms with Gasteiger partial charge in [0, 0.05) is 19.3 Å². The van der Waals surface area contributed by atoms with E-state index in [-0.39, 0.29) is 29.6 Å². The van der Waals surface area contributed by atoms with Gasteiger partial charge in [-0.3, -0.25) is 9.59 Å². The third-order valence-electron chi connectivity index (χ3n) is 9.17. The lowest BCUT2D eigenvalue weighted by atomic mass is 9.45. The number of carbonyl (C=O) groups excluding carboxylic acids is 2. The summed E-state index contributed by atoms with van der Waals surface area (Å²) in [4.78, 5) is 23.0. The lowest BCUT2D eigenvalue weighted by molar-refractivity contribution is -0.167. The predicted octanol–water partition coefficient (Wildman–Crippen LogP) is 4.89. The van der Waals surface area contributed by atoms with E-state index >= 15 is 0 Å². The van der Waals surface area contributed by atoms with Gasteiger partial charge < -0.3 is 9.47 Å². The van der Waals surface area contributed by atoms with E-state index in [1.165, 1.54) is 45.4 Å². The SMILES string of the molecule is CC(=O)O[C@@H]1CC[C@@]2(C)C(CC[C@H]3[C@@H]4CC[C@H](OC(C)=O)[C@@]4(C)CC[C@@H]32)C1. The molecular weight excluding hydrogens is 340 g/mol. The van der Waals surface area contributed by atoms with Crippen molar-refractivity contribution >= 4 is 11.9 Å². The van der Waals surface area contributed by atoms with E-state index in [0.717, 1.165) is 31.1 Å². The highest BCUT2D eigenvalue weighted by atomic mass is 16.5. The van der Waals surface area contributed by atoms with Gasteiger partial charge in [0.1, 0.15) is 12.2 Å². The van der Waals surface area contributed by atoms with Crippen LogP contribution in [0.1, 0.15) is 85.5 Å². The smallest absolute Gasteiger partial charge is 0.302 e. The minimum atomic E-state index is -0.131. The zero-order valence-electron chi connectivity index (χ0n) is 17.5. The van der Waals surface area contributed by atoms with Gasteiger partial charge in [0.05, 0.1) is 0 Å². The van der Waals surface area contributed by atoms with Gasteiger partial charge in [-0.25, -0.2) is 0 Å². The fourth-order valence-corrected chi connectivity index (χ4v) is 7.91. The molecule has 4 nitrogen and oxygen atoms in total. The number of carbonyl (C=O) groups is 2. The maximum atomic E-state index is 11.6. The molecule has 4 fully saturated rings. The van der Waals surface area contributed by atoms with Crippen molar-refractivity contribution in [3.63, 3.8) is 0 Å². The van der Waals surface area contributed by atoms with E-state index in [9.17, 15) is 9.59 Å². The van der Waals surface area contributed by atoms with Crippen LogP contribution in [0.15, 0.2) is 0 Å². The minimum Gasteiger partial charge on any atom is -0.463 e. The molecule has 0 spiro atoms. The fraction of sp³-hybridized carbons (Fsp3) is 0.913. The van der Waals surface area contributed by atoms with E-state index in [1.54, 1.807) is 6.92 Å².